The van der Waals surface area contributed by atoms with Gasteiger partial charge in [0.15, 0.2) is 0 Å². The average Bonchev–Trinajstić information content (AvgIpc) is 2.79. The minimum absolute atomic E-state index is 0.414. The van der Waals surface area contributed by atoms with Gasteiger partial charge in [-0.05, 0) is 48.4 Å². The van der Waals surface area contributed by atoms with E-state index in [1.807, 2.05) is 43.3 Å². The molecule has 0 radical (unpaired) electrons. The van der Waals surface area contributed by atoms with Crippen LogP contribution in [0.4, 0.5) is 0 Å². The highest BCUT2D eigenvalue weighted by Gasteiger charge is 2.17. The summed E-state index contributed by atoms with van der Waals surface area (Å²) in [7, 11) is 1.35. The van der Waals surface area contributed by atoms with E-state index < -0.39 is 5.97 Å². The Balaban J connectivity index is 1.87. The third kappa shape index (κ3) is 5.49. The fraction of sp³-hybridized carbons (Fsp3) is 0.250. The summed E-state index contributed by atoms with van der Waals surface area (Å²) < 4.78 is 4.94. The lowest BCUT2D eigenvalue weighted by Gasteiger charge is -2.24. The first-order valence-corrected chi connectivity index (χ1v) is 9.75. The lowest BCUT2D eigenvalue weighted by Crippen LogP contribution is -2.27. The molecule has 0 saturated heterocycles. The first kappa shape index (κ1) is 21.2. The van der Waals surface area contributed by atoms with Crippen LogP contribution in [-0.2, 0) is 24.2 Å². The lowest BCUT2D eigenvalue weighted by molar-refractivity contribution is 0.0598. The zero-order valence-electron chi connectivity index (χ0n) is 17.2. The van der Waals surface area contributed by atoms with Crippen molar-refractivity contribution in [1.29, 1.82) is 5.26 Å². The van der Waals surface area contributed by atoms with E-state index in [1.54, 1.807) is 24.5 Å². The molecule has 30 heavy (non-hydrogen) atoms. The van der Waals surface area contributed by atoms with Crippen LogP contribution in [0.1, 0.15) is 38.4 Å². The number of carbonyl (C=O) groups is 1. The molecule has 0 saturated carbocycles. The molecule has 6 nitrogen and oxygen atoms in total. The zero-order chi connectivity index (χ0) is 21.3. The molecule has 0 bridgehead atoms. The topological polar surface area (TPSA) is 79.1 Å². The van der Waals surface area contributed by atoms with Crippen molar-refractivity contribution in [3.63, 3.8) is 0 Å². The number of hydrogen-bond acceptors (Lipinski definition) is 6. The number of ether oxygens (including phenoxy) is 1. The minimum atomic E-state index is -0.444. The molecular weight excluding hydrogens is 376 g/mol. The molecule has 0 spiro atoms. The highest BCUT2D eigenvalue weighted by atomic mass is 16.5. The maximum absolute atomic E-state index is 12.3. The van der Waals surface area contributed by atoms with Gasteiger partial charge in [0.1, 0.15) is 0 Å². The van der Waals surface area contributed by atoms with Gasteiger partial charge < -0.3 is 4.74 Å². The predicted molar refractivity (Wildman–Crippen MR) is 114 cm³/mol. The van der Waals surface area contributed by atoms with E-state index in [9.17, 15) is 10.1 Å². The first-order chi connectivity index (χ1) is 14.6. The molecule has 0 aliphatic carbocycles. The van der Waals surface area contributed by atoms with Crippen LogP contribution in [-0.4, -0.2) is 34.5 Å². The predicted octanol–water partition coefficient (Wildman–Crippen LogP) is 3.69. The number of rotatable bonds is 8. The molecular formula is C24H24N4O2. The zero-order valence-corrected chi connectivity index (χ0v) is 17.2. The molecule has 0 aliphatic rings. The van der Waals surface area contributed by atoms with Crippen LogP contribution in [0.2, 0.25) is 0 Å². The van der Waals surface area contributed by atoms with Crippen molar-refractivity contribution >= 4 is 5.97 Å². The molecule has 3 rings (SSSR count). The standard InChI is InChI=1S/C24H24N4O2/c1-18-6-5-12-27-23(18)17-28(13-10-21-7-3-4-11-26-21)16-20-9-8-19(15-25)14-22(20)24(29)30-2/h3-9,11-12,14H,10,13,16-17H2,1-2H3. The maximum Gasteiger partial charge on any atom is 0.338 e. The molecule has 3 aromatic rings. The maximum atomic E-state index is 12.3. The van der Waals surface area contributed by atoms with Gasteiger partial charge in [-0.15, -0.1) is 0 Å². The summed E-state index contributed by atoms with van der Waals surface area (Å²) in [4.78, 5) is 23.5. The van der Waals surface area contributed by atoms with Crippen molar-refractivity contribution in [3.8, 4) is 6.07 Å². The number of nitriles is 1. The number of pyridine rings is 2. The molecule has 0 N–H and O–H groups in total. The monoisotopic (exact) mass is 400 g/mol. The molecule has 0 fully saturated rings. The summed E-state index contributed by atoms with van der Waals surface area (Å²) in [5, 5.41) is 9.20. The van der Waals surface area contributed by atoms with Crippen molar-refractivity contribution in [3.05, 3.63) is 94.6 Å². The van der Waals surface area contributed by atoms with Gasteiger partial charge in [0.2, 0.25) is 0 Å². The Morgan fingerprint density at radius 2 is 1.93 bits per heavy atom. The molecule has 1 aromatic carbocycles. The number of nitrogens with zero attached hydrogens (tertiary/aromatic N) is 4. The van der Waals surface area contributed by atoms with E-state index in [2.05, 4.69) is 20.9 Å². The van der Waals surface area contributed by atoms with Gasteiger partial charge in [0.05, 0.1) is 30.0 Å². The van der Waals surface area contributed by atoms with E-state index in [-0.39, 0.29) is 0 Å². The second-order valence-corrected chi connectivity index (χ2v) is 7.02. The van der Waals surface area contributed by atoms with Crippen LogP contribution in [0.3, 0.4) is 0 Å². The number of aryl methyl sites for hydroxylation is 1. The van der Waals surface area contributed by atoms with Crippen molar-refractivity contribution in [2.24, 2.45) is 0 Å². The number of esters is 1. The summed E-state index contributed by atoms with van der Waals surface area (Å²) in [5.41, 5.74) is 4.78. The highest BCUT2D eigenvalue weighted by molar-refractivity contribution is 5.91. The fourth-order valence-electron chi connectivity index (χ4n) is 3.25. The Labute approximate surface area is 176 Å². The van der Waals surface area contributed by atoms with Gasteiger partial charge >= 0.3 is 5.97 Å². The van der Waals surface area contributed by atoms with E-state index >= 15 is 0 Å². The van der Waals surface area contributed by atoms with E-state index in [0.29, 0.717) is 24.2 Å². The third-order valence-corrected chi connectivity index (χ3v) is 4.94. The molecule has 0 unspecified atom stereocenters. The van der Waals surface area contributed by atoms with Crippen molar-refractivity contribution in [2.75, 3.05) is 13.7 Å². The van der Waals surface area contributed by atoms with Crippen LogP contribution in [0.25, 0.3) is 0 Å². The van der Waals surface area contributed by atoms with Crippen molar-refractivity contribution < 1.29 is 9.53 Å². The van der Waals surface area contributed by atoms with Gasteiger partial charge in [-0.1, -0.05) is 18.2 Å². The van der Waals surface area contributed by atoms with Gasteiger partial charge in [-0.2, -0.15) is 5.26 Å². The fourth-order valence-corrected chi connectivity index (χ4v) is 3.25. The summed E-state index contributed by atoms with van der Waals surface area (Å²) >= 11 is 0. The summed E-state index contributed by atoms with van der Waals surface area (Å²) in [6.07, 6.45) is 4.36. The van der Waals surface area contributed by atoms with Crippen LogP contribution in [0.15, 0.2) is 60.9 Å². The van der Waals surface area contributed by atoms with Crippen LogP contribution < -0.4 is 0 Å². The minimum Gasteiger partial charge on any atom is -0.465 e. The molecule has 6 heteroatoms. The van der Waals surface area contributed by atoms with Gasteiger partial charge in [-0.25, -0.2) is 4.79 Å². The quantitative estimate of drug-likeness (QED) is 0.537. The molecule has 152 valence electrons. The largest absolute Gasteiger partial charge is 0.465 e. The molecule has 0 aliphatic heterocycles. The number of benzene rings is 1. The second-order valence-electron chi connectivity index (χ2n) is 7.02. The Hall–Kier alpha value is -3.56. The molecule has 2 heterocycles. The van der Waals surface area contributed by atoms with Gasteiger partial charge in [-0.3, -0.25) is 14.9 Å². The van der Waals surface area contributed by atoms with Gasteiger partial charge in [0.25, 0.3) is 0 Å². The summed E-state index contributed by atoms with van der Waals surface area (Å²) in [6, 6.07) is 17.1. The average molecular weight is 400 g/mol. The SMILES string of the molecule is COC(=O)c1cc(C#N)ccc1CN(CCc1ccccn1)Cc1ncccc1C. The highest BCUT2D eigenvalue weighted by Crippen LogP contribution is 2.18. The number of aromatic nitrogens is 2. The normalized spacial score (nSPS) is 10.6. The van der Waals surface area contributed by atoms with Crippen molar-refractivity contribution in [2.45, 2.75) is 26.4 Å². The number of methoxy groups -OCH3 is 1. The van der Waals surface area contributed by atoms with E-state index in [4.69, 9.17) is 4.74 Å². The van der Waals surface area contributed by atoms with E-state index in [0.717, 1.165) is 35.5 Å². The lowest BCUT2D eigenvalue weighted by atomic mass is 10.0. The molecule has 2 aromatic heterocycles. The Morgan fingerprint density at radius 3 is 2.63 bits per heavy atom. The summed E-state index contributed by atoms with van der Waals surface area (Å²) in [5.74, 6) is -0.444. The van der Waals surface area contributed by atoms with Crippen LogP contribution in [0, 0.1) is 18.3 Å². The van der Waals surface area contributed by atoms with Crippen molar-refractivity contribution in [1.82, 2.24) is 14.9 Å². The number of hydrogen-bond donors (Lipinski definition) is 0. The molecule has 0 atom stereocenters. The Kier molecular flexibility index (Phi) is 7.25. The van der Waals surface area contributed by atoms with E-state index in [1.165, 1.54) is 7.11 Å². The summed E-state index contributed by atoms with van der Waals surface area (Å²) in [6.45, 7) is 3.95. The third-order valence-electron chi connectivity index (χ3n) is 4.94. The van der Waals surface area contributed by atoms with Crippen LogP contribution >= 0.6 is 0 Å². The Morgan fingerprint density at radius 1 is 1.10 bits per heavy atom. The van der Waals surface area contributed by atoms with Crippen LogP contribution in [0.5, 0.6) is 0 Å². The van der Waals surface area contributed by atoms with Gasteiger partial charge in [0, 0.05) is 44.1 Å². The second kappa shape index (κ2) is 10.3. The number of carbonyl (C=O) groups excluding carboxylic acids is 1. The smallest absolute Gasteiger partial charge is 0.338 e. The molecule has 0 amide bonds. The first-order valence-electron chi connectivity index (χ1n) is 9.75. The Bertz CT molecular complexity index is 1040.